The largest absolute Gasteiger partial charge is 0.550 e. The van der Waals surface area contributed by atoms with Crippen molar-refractivity contribution < 1.29 is 24.2 Å². The van der Waals surface area contributed by atoms with Crippen LogP contribution in [0.1, 0.15) is 33.6 Å². The summed E-state index contributed by atoms with van der Waals surface area (Å²) in [6.07, 6.45) is 1.35. The number of carboxylic acids is 1. The zero-order chi connectivity index (χ0) is 14.8. The Balaban J connectivity index is 2.04. The molecule has 4 unspecified atom stereocenters. The van der Waals surface area contributed by atoms with Gasteiger partial charge in [0.15, 0.2) is 5.79 Å². The van der Waals surface area contributed by atoms with E-state index in [0.717, 1.165) is 0 Å². The van der Waals surface area contributed by atoms with Gasteiger partial charge in [-0.15, -0.1) is 0 Å². The molecule has 1 saturated carbocycles. The fourth-order valence-electron chi connectivity index (χ4n) is 4.48. The number of hydrogen-bond donors (Lipinski definition) is 1. The molecule has 1 aliphatic carbocycles. The van der Waals surface area contributed by atoms with E-state index in [1.54, 1.807) is 0 Å². The number of carbonyl (C=O) groups is 2. The molecule has 0 aromatic rings. The van der Waals surface area contributed by atoms with E-state index < -0.39 is 34.5 Å². The topological polar surface area (TPSA) is 87.7 Å². The van der Waals surface area contributed by atoms with Crippen LogP contribution in [0.4, 0.5) is 0 Å². The fraction of sp³-hybridized carbons (Fsp3) is 0.857. The predicted octanol–water partition coefficient (Wildman–Crippen LogP) is -0.580. The second-order valence-corrected chi connectivity index (χ2v) is 6.57. The van der Waals surface area contributed by atoms with E-state index in [0.29, 0.717) is 26.1 Å². The lowest BCUT2D eigenvalue weighted by molar-refractivity contribution is -0.313. The lowest BCUT2D eigenvalue weighted by Crippen LogP contribution is -2.61. The number of nitrogens with one attached hydrogen (secondary N) is 1. The SMILES string of the molecule is CC(C(=O)[O-])C1C(=O)NC2(C)C3(CCC12C)OCCO3. The van der Waals surface area contributed by atoms with Crippen LogP contribution in [0, 0.1) is 17.3 Å². The molecule has 20 heavy (non-hydrogen) atoms. The number of hydrogen-bond acceptors (Lipinski definition) is 5. The summed E-state index contributed by atoms with van der Waals surface area (Å²) in [6.45, 7) is 6.41. The number of rotatable bonds is 2. The maximum Gasteiger partial charge on any atom is 0.225 e. The Hall–Kier alpha value is -1.14. The smallest absolute Gasteiger partial charge is 0.225 e. The van der Waals surface area contributed by atoms with Crippen molar-refractivity contribution >= 4 is 11.9 Å². The number of ether oxygens (including phenoxy) is 2. The standard InChI is InChI=1S/C14H21NO5/c1-8(11(17)18)9-10(16)15-13(3)12(9,2)4-5-14(13)19-6-7-20-14/h8-9H,4-7H2,1-3H3,(H,15,16)(H,17,18)/p-1. The van der Waals surface area contributed by atoms with Gasteiger partial charge < -0.3 is 24.7 Å². The Bertz CT molecular complexity index is 472. The van der Waals surface area contributed by atoms with Crippen molar-refractivity contribution in [1.82, 2.24) is 5.32 Å². The average Bonchev–Trinajstić information content (AvgIpc) is 2.97. The molecule has 1 spiro atoms. The molecular weight excluding hydrogens is 262 g/mol. The molecule has 0 aromatic carbocycles. The van der Waals surface area contributed by atoms with Crippen LogP contribution in [0.2, 0.25) is 0 Å². The second kappa shape index (κ2) is 3.95. The number of carboxylic acid groups (broad SMARTS) is 1. The minimum atomic E-state index is -1.19. The van der Waals surface area contributed by atoms with Gasteiger partial charge in [-0.3, -0.25) is 4.79 Å². The molecule has 2 aliphatic heterocycles. The zero-order valence-electron chi connectivity index (χ0n) is 12.0. The lowest BCUT2D eigenvalue weighted by Gasteiger charge is -2.44. The molecule has 0 bridgehead atoms. The molecule has 112 valence electrons. The van der Waals surface area contributed by atoms with Crippen molar-refractivity contribution in [3.63, 3.8) is 0 Å². The van der Waals surface area contributed by atoms with Crippen molar-refractivity contribution in [2.24, 2.45) is 17.3 Å². The van der Waals surface area contributed by atoms with E-state index in [9.17, 15) is 14.7 Å². The van der Waals surface area contributed by atoms with E-state index in [-0.39, 0.29) is 5.91 Å². The maximum absolute atomic E-state index is 12.4. The molecule has 0 aromatic heterocycles. The van der Waals surface area contributed by atoms with Gasteiger partial charge >= 0.3 is 0 Å². The third-order valence-corrected chi connectivity index (χ3v) is 5.85. The Labute approximate surface area is 117 Å². The first kappa shape index (κ1) is 13.8. The Morgan fingerprint density at radius 3 is 2.50 bits per heavy atom. The quantitative estimate of drug-likeness (QED) is 0.732. The molecule has 0 radical (unpaired) electrons. The highest BCUT2D eigenvalue weighted by Crippen LogP contribution is 2.63. The highest BCUT2D eigenvalue weighted by Gasteiger charge is 2.74. The van der Waals surface area contributed by atoms with Crippen molar-refractivity contribution in [2.75, 3.05) is 13.2 Å². The van der Waals surface area contributed by atoms with Crippen molar-refractivity contribution in [2.45, 2.75) is 44.9 Å². The number of carbonyl (C=O) groups excluding carboxylic acids is 2. The van der Waals surface area contributed by atoms with Gasteiger partial charge in [0.05, 0.1) is 24.7 Å². The van der Waals surface area contributed by atoms with E-state index in [1.165, 1.54) is 6.92 Å². The molecule has 3 rings (SSSR count). The van der Waals surface area contributed by atoms with Gasteiger partial charge in [-0.2, -0.15) is 0 Å². The summed E-state index contributed by atoms with van der Waals surface area (Å²) in [5.41, 5.74) is -1.23. The summed E-state index contributed by atoms with van der Waals surface area (Å²) >= 11 is 0. The summed E-state index contributed by atoms with van der Waals surface area (Å²) < 4.78 is 11.6. The molecular formula is C14H20NO5-. The van der Waals surface area contributed by atoms with Gasteiger partial charge in [0.2, 0.25) is 5.91 Å². The molecule has 4 atom stereocenters. The number of fused-ring (bicyclic) bond motifs is 2. The predicted molar refractivity (Wildman–Crippen MR) is 66.2 cm³/mol. The lowest BCUT2D eigenvalue weighted by atomic mass is 9.64. The van der Waals surface area contributed by atoms with Crippen LogP contribution in [-0.4, -0.2) is 36.4 Å². The molecule has 2 heterocycles. The summed E-state index contributed by atoms with van der Waals surface area (Å²) in [6, 6.07) is 0. The summed E-state index contributed by atoms with van der Waals surface area (Å²) in [5.74, 6) is -3.71. The van der Waals surface area contributed by atoms with Gasteiger partial charge in [0.25, 0.3) is 0 Å². The third kappa shape index (κ3) is 1.36. The van der Waals surface area contributed by atoms with Gasteiger partial charge in [0.1, 0.15) is 0 Å². The Morgan fingerprint density at radius 2 is 1.95 bits per heavy atom. The minimum absolute atomic E-state index is 0.245. The van der Waals surface area contributed by atoms with Crippen LogP contribution >= 0.6 is 0 Å². The normalized spacial score (nSPS) is 43.5. The molecule has 3 fully saturated rings. The van der Waals surface area contributed by atoms with Crippen LogP contribution in [-0.2, 0) is 19.1 Å². The molecule has 2 saturated heterocycles. The minimum Gasteiger partial charge on any atom is -0.550 e. The first-order chi connectivity index (χ1) is 9.27. The molecule has 1 N–H and O–H groups in total. The molecule has 6 heteroatoms. The summed E-state index contributed by atoms with van der Waals surface area (Å²) in [5, 5.41) is 14.2. The third-order valence-electron chi connectivity index (χ3n) is 5.85. The van der Waals surface area contributed by atoms with E-state index in [4.69, 9.17) is 9.47 Å². The van der Waals surface area contributed by atoms with Crippen molar-refractivity contribution in [1.29, 1.82) is 0 Å². The highest BCUT2D eigenvalue weighted by molar-refractivity contribution is 5.88. The first-order valence-electron chi connectivity index (χ1n) is 7.08. The van der Waals surface area contributed by atoms with E-state index in [2.05, 4.69) is 5.32 Å². The van der Waals surface area contributed by atoms with Crippen LogP contribution in [0.25, 0.3) is 0 Å². The Morgan fingerprint density at radius 1 is 1.35 bits per heavy atom. The first-order valence-corrected chi connectivity index (χ1v) is 7.08. The summed E-state index contributed by atoms with van der Waals surface area (Å²) in [7, 11) is 0. The molecule has 6 nitrogen and oxygen atoms in total. The Kier molecular flexibility index (Phi) is 2.73. The maximum atomic E-state index is 12.4. The highest BCUT2D eigenvalue weighted by atomic mass is 16.7. The van der Waals surface area contributed by atoms with Gasteiger partial charge in [-0.1, -0.05) is 13.8 Å². The number of amides is 1. The van der Waals surface area contributed by atoms with Crippen LogP contribution in [0.3, 0.4) is 0 Å². The van der Waals surface area contributed by atoms with Crippen molar-refractivity contribution in [3.05, 3.63) is 0 Å². The van der Waals surface area contributed by atoms with Gasteiger partial charge in [-0.05, 0) is 13.3 Å². The van der Waals surface area contributed by atoms with Gasteiger partial charge in [-0.25, -0.2) is 0 Å². The van der Waals surface area contributed by atoms with Crippen LogP contribution < -0.4 is 10.4 Å². The van der Waals surface area contributed by atoms with Crippen LogP contribution in [0.5, 0.6) is 0 Å². The zero-order valence-corrected chi connectivity index (χ0v) is 12.0. The van der Waals surface area contributed by atoms with Crippen LogP contribution in [0.15, 0.2) is 0 Å². The summed E-state index contributed by atoms with van der Waals surface area (Å²) in [4.78, 5) is 23.6. The molecule has 1 amide bonds. The average molecular weight is 282 g/mol. The fourth-order valence-corrected chi connectivity index (χ4v) is 4.48. The van der Waals surface area contributed by atoms with E-state index in [1.807, 2.05) is 13.8 Å². The monoisotopic (exact) mass is 282 g/mol. The van der Waals surface area contributed by atoms with E-state index >= 15 is 0 Å². The van der Waals surface area contributed by atoms with Gasteiger partial charge in [0, 0.05) is 23.7 Å². The molecule has 3 aliphatic rings. The second-order valence-electron chi connectivity index (χ2n) is 6.57. The van der Waals surface area contributed by atoms with Crippen molar-refractivity contribution in [3.8, 4) is 0 Å². The number of aliphatic carboxylic acids is 1.